The van der Waals surface area contributed by atoms with E-state index in [0.29, 0.717) is 0 Å². The summed E-state index contributed by atoms with van der Waals surface area (Å²) >= 11 is 0. The minimum absolute atomic E-state index is 0.0139. The summed E-state index contributed by atoms with van der Waals surface area (Å²) in [6.45, 7) is 8.14. The van der Waals surface area contributed by atoms with Crippen molar-refractivity contribution in [3.05, 3.63) is 78.4 Å². The van der Waals surface area contributed by atoms with Crippen LogP contribution < -0.4 is 4.72 Å². The number of nitrogens with one attached hydrogen (secondary N) is 1. The van der Waals surface area contributed by atoms with E-state index in [9.17, 15) is 8.42 Å². The Bertz CT molecular complexity index is 985. The van der Waals surface area contributed by atoms with Crippen molar-refractivity contribution in [1.29, 1.82) is 0 Å². The van der Waals surface area contributed by atoms with Gasteiger partial charge in [-0.15, -0.1) is 0 Å². The fourth-order valence-corrected chi connectivity index (χ4v) is 4.08. The lowest BCUT2D eigenvalue weighted by molar-refractivity contribution is 0.565. The Kier molecular flexibility index (Phi) is 5.22. The van der Waals surface area contributed by atoms with E-state index in [1.807, 2.05) is 54.1 Å². The average molecular weight is 384 g/mol. The molecule has 5 nitrogen and oxygen atoms in total. The molecule has 0 aliphatic carbocycles. The highest BCUT2D eigenvalue weighted by Gasteiger charge is 2.20. The topological polar surface area (TPSA) is 64.0 Å². The molecular weight excluding hydrogens is 358 g/mol. The van der Waals surface area contributed by atoms with E-state index < -0.39 is 10.0 Å². The SMILES string of the molecule is CC(NS(=O)(=O)c1ccc(C(C)(C)C)cc1)c1ccc(-n2ccnc2)cc1. The largest absolute Gasteiger partial charge is 0.306 e. The Morgan fingerprint density at radius 2 is 1.63 bits per heavy atom. The number of hydrogen-bond donors (Lipinski definition) is 1. The van der Waals surface area contributed by atoms with E-state index in [2.05, 4.69) is 30.5 Å². The van der Waals surface area contributed by atoms with Crippen LogP contribution in [0, 0.1) is 0 Å². The molecule has 0 saturated heterocycles. The van der Waals surface area contributed by atoms with Crippen LogP contribution >= 0.6 is 0 Å². The van der Waals surface area contributed by atoms with Crippen molar-refractivity contribution in [2.24, 2.45) is 0 Å². The Labute approximate surface area is 161 Å². The highest BCUT2D eigenvalue weighted by Crippen LogP contribution is 2.24. The first-order valence-corrected chi connectivity index (χ1v) is 10.4. The zero-order chi connectivity index (χ0) is 19.7. The maximum atomic E-state index is 12.7. The minimum Gasteiger partial charge on any atom is -0.306 e. The van der Waals surface area contributed by atoms with Crippen molar-refractivity contribution in [3.63, 3.8) is 0 Å². The minimum atomic E-state index is -3.59. The molecule has 0 bridgehead atoms. The molecule has 3 rings (SSSR count). The Morgan fingerprint density at radius 1 is 1.00 bits per heavy atom. The number of benzene rings is 2. The van der Waals surface area contributed by atoms with Crippen LogP contribution in [-0.2, 0) is 15.4 Å². The fraction of sp³-hybridized carbons (Fsp3) is 0.286. The van der Waals surface area contributed by atoms with Crippen LogP contribution in [0.25, 0.3) is 5.69 Å². The lowest BCUT2D eigenvalue weighted by Crippen LogP contribution is -2.27. The normalized spacial score (nSPS) is 13.5. The molecular formula is C21H25N3O2S. The number of imidazole rings is 1. The van der Waals surface area contributed by atoms with Crippen LogP contribution in [0.1, 0.15) is 44.9 Å². The van der Waals surface area contributed by atoms with Crippen molar-refractivity contribution >= 4 is 10.0 Å². The third-order valence-electron chi connectivity index (χ3n) is 4.56. The van der Waals surface area contributed by atoms with Gasteiger partial charge >= 0.3 is 0 Å². The predicted octanol–water partition coefficient (Wildman–Crippen LogP) is 4.21. The van der Waals surface area contributed by atoms with Gasteiger partial charge in [-0.1, -0.05) is 45.0 Å². The number of aromatic nitrogens is 2. The van der Waals surface area contributed by atoms with E-state index >= 15 is 0 Å². The molecule has 1 atom stereocenters. The third-order valence-corrected chi connectivity index (χ3v) is 6.11. The molecule has 1 N–H and O–H groups in total. The first-order chi connectivity index (χ1) is 12.7. The van der Waals surface area contributed by atoms with Gasteiger partial charge in [-0.05, 0) is 47.7 Å². The van der Waals surface area contributed by atoms with Gasteiger partial charge in [-0.3, -0.25) is 0 Å². The van der Waals surface area contributed by atoms with Gasteiger partial charge in [0.15, 0.2) is 0 Å². The summed E-state index contributed by atoms with van der Waals surface area (Å²) in [5, 5.41) is 0. The van der Waals surface area contributed by atoms with Crippen LogP contribution in [-0.4, -0.2) is 18.0 Å². The quantitative estimate of drug-likeness (QED) is 0.718. The second-order valence-electron chi connectivity index (χ2n) is 7.68. The molecule has 0 spiro atoms. The molecule has 3 aromatic rings. The molecule has 1 aromatic heterocycles. The van der Waals surface area contributed by atoms with Crippen molar-refractivity contribution < 1.29 is 8.42 Å². The predicted molar refractivity (Wildman–Crippen MR) is 107 cm³/mol. The Balaban J connectivity index is 1.75. The smallest absolute Gasteiger partial charge is 0.241 e. The lowest BCUT2D eigenvalue weighted by atomic mass is 9.87. The molecule has 0 radical (unpaired) electrons. The zero-order valence-corrected chi connectivity index (χ0v) is 16.9. The maximum absolute atomic E-state index is 12.7. The monoisotopic (exact) mass is 383 g/mol. The standard InChI is InChI=1S/C21H25N3O2S/c1-16(17-5-9-19(10-6-17)24-14-13-22-15-24)23-27(25,26)20-11-7-18(8-12-20)21(2,3)4/h5-16,23H,1-4H3. The summed E-state index contributed by atoms with van der Waals surface area (Å²) in [5.74, 6) is 0. The summed E-state index contributed by atoms with van der Waals surface area (Å²) < 4.78 is 30.1. The molecule has 0 fully saturated rings. The number of rotatable bonds is 5. The molecule has 1 unspecified atom stereocenters. The molecule has 2 aromatic carbocycles. The van der Waals surface area contributed by atoms with E-state index in [4.69, 9.17) is 0 Å². The van der Waals surface area contributed by atoms with Crippen molar-refractivity contribution in [3.8, 4) is 5.69 Å². The van der Waals surface area contributed by atoms with Gasteiger partial charge in [0.2, 0.25) is 10.0 Å². The van der Waals surface area contributed by atoms with Crippen LogP contribution in [0.2, 0.25) is 0 Å². The first-order valence-electron chi connectivity index (χ1n) is 8.88. The van der Waals surface area contributed by atoms with E-state index in [-0.39, 0.29) is 16.4 Å². The summed E-state index contributed by atoms with van der Waals surface area (Å²) in [6.07, 6.45) is 5.31. The van der Waals surface area contributed by atoms with Crippen molar-refractivity contribution in [1.82, 2.24) is 14.3 Å². The molecule has 6 heteroatoms. The molecule has 27 heavy (non-hydrogen) atoms. The number of sulfonamides is 1. The van der Waals surface area contributed by atoms with Crippen LogP contribution in [0.5, 0.6) is 0 Å². The molecule has 0 aliphatic heterocycles. The summed E-state index contributed by atoms with van der Waals surface area (Å²) in [5.41, 5.74) is 2.96. The summed E-state index contributed by atoms with van der Waals surface area (Å²) in [6, 6.07) is 14.5. The lowest BCUT2D eigenvalue weighted by Gasteiger charge is -2.20. The molecule has 0 saturated carbocycles. The highest BCUT2D eigenvalue weighted by molar-refractivity contribution is 7.89. The van der Waals surface area contributed by atoms with Gasteiger partial charge in [0, 0.05) is 24.1 Å². The van der Waals surface area contributed by atoms with Crippen LogP contribution in [0.4, 0.5) is 0 Å². The highest BCUT2D eigenvalue weighted by atomic mass is 32.2. The number of nitrogens with zero attached hydrogens (tertiary/aromatic N) is 2. The molecule has 0 aliphatic rings. The Hall–Kier alpha value is -2.44. The molecule has 142 valence electrons. The zero-order valence-electron chi connectivity index (χ0n) is 16.0. The van der Waals surface area contributed by atoms with Gasteiger partial charge in [0.05, 0.1) is 11.2 Å². The van der Waals surface area contributed by atoms with Crippen molar-refractivity contribution in [2.75, 3.05) is 0 Å². The average Bonchev–Trinajstić information content (AvgIpc) is 3.15. The fourth-order valence-electron chi connectivity index (χ4n) is 2.85. The van der Waals surface area contributed by atoms with Crippen LogP contribution in [0.15, 0.2) is 72.1 Å². The van der Waals surface area contributed by atoms with Crippen LogP contribution in [0.3, 0.4) is 0 Å². The number of hydrogen-bond acceptors (Lipinski definition) is 3. The van der Waals surface area contributed by atoms with Gasteiger partial charge in [-0.25, -0.2) is 18.1 Å². The first kappa shape index (κ1) is 19.3. The van der Waals surface area contributed by atoms with E-state index in [0.717, 1.165) is 16.8 Å². The second-order valence-corrected chi connectivity index (χ2v) is 9.39. The third kappa shape index (κ3) is 4.46. The maximum Gasteiger partial charge on any atom is 0.241 e. The second kappa shape index (κ2) is 7.29. The van der Waals surface area contributed by atoms with E-state index in [1.54, 1.807) is 24.7 Å². The Morgan fingerprint density at radius 3 is 2.15 bits per heavy atom. The van der Waals surface area contributed by atoms with Gasteiger partial charge in [0.25, 0.3) is 0 Å². The van der Waals surface area contributed by atoms with Crippen molar-refractivity contribution in [2.45, 2.75) is 44.0 Å². The van der Waals surface area contributed by atoms with E-state index in [1.165, 1.54) is 0 Å². The van der Waals surface area contributed by atoms with Gasteiger partial charge < -0.3 is 4.57 Å². The summed E-state index contributed by atoms with van der Waals surface area (Å²) in [4.78, 5) is 4.31. The molecule has 0 amide bonds. The van der Waals surface area contributed by atoms with Gasteiger partial charge in [-0.2, -0.15) is 0 Å². The van der Waals surface area contributed by atoms with Gasteiger partial charge in [0.1, 0.15) is 0 Å². The summed E-state index contributed by atoms with van der Waals surface area (Å²) in [7, 11) is -3.59. The molecule has 1 heterocycles.